The summed E-state index contributed by atoms with van der Waals surface area (Å²) in [6.07, 6.45) is 0.405. The number of hydrogen-bond acceptors (Lipinski definition) is 3. The van der Waals surface area contributed by atoms with E-state index in [1.807, 2.05) is 25.1 Å². The third-order valence-corrected chi connectivity index (χ3v) is 3.84. The summed E-state index contributed by atoms with van der Waals surface area (Å²) in [6.45, 7) is 4.47. The topological polar surface area (TPSA) is 43.7 Å². The van der Waals surface area contributed by atoms with Gasteiger partial charge in [0, 0.05) is 18.5 Å². The maximum absolute atomic E-state index is 10.1. The van der Waals surface area contributed by atoms with Gasteiger partial charge in [-0.05, 0) is 18.5 Å². The summed E-state index contributed by atoms with van der Waals surface area (Å²) in [5, 5.41) is 19.4. The van der Waals surface area contributed by atoms with Crippen molar-refractivity contribution in [1.29, 1.82) is 0 Å². The van der Waals surface area contributed by atoms with E-state index in [0.29, 0.717) is 6.54 Å². The van der Waals surface area contributed by atoms with E-state index in [-0.39, 0.29) is 12.0 Å². The number of nitrogens with zero attached hydrogens (tertiary/aromatic N) is 1. The van der Waals surface area contributed by atoms with E-state index in [0.717, 1.165) is 19.5 Å². The Bertz CT molecular complexity index is 354. The van der Waals surface area contributed by atoms with Crippen molar-refractivity contribution in [1.82, 2.24) is 4.90 Å². The highest BCUT2D eigenvalue weighted by atomic mass is 16.3. The Hall–Kier alpha value is -0.900. The average Bonchev–Trinajstić information content (AvgIpc) is 2.35. The van der Waals surface area contributed by atoms with Crippen LogP contribution in [0.25, 0.3) is 0 Å². The SMILES string of the molecule is CC1(CO)CCN(Cc2ccccc2)CC1O. The first-order chi connectivity index (χ1) is 8.14. The summed E-state index contributed by atoms with van der Waals surface area (Å²) in [4.78, 5) is 2.25. The van der Waals surface area contributed by atoms with Gasteiger partial charge in [0.15, 0.2) is 0 Å². The third kappa shape index (κ3) is 2.86. The molecule has 1 aliphatic heterocycles. The largest absolute Gasteiger partial charge is 0.396 e. The summed E-state index contributed by atoms with van der Waals surface area (Å²) in [7, 11) is 0. The molecule has 1 aromatic rings. The van der Waals surface area contributed by atoms with E-state index in [1.165, 1.54) is 5.56 Å². The molecule has 0 spiro atoms. The lowest BCUT2D eigenvalue weighted by molar-refractivity contribution is -0.0647. The smallest absolute Gasteiger partial charge is 0.0743 e. The van der Waals surface area contributed by atoms with Crippen LogP contribution in [0.15, 0.2) is 30.3 Å². The van der Waals surface area contributed by atoms with E-state index in [1.54, 1.807) is 0 Å². The number of aliphatic hydroxyl groups is 2. The molecule has 2 atom stereocenters. The molecule has 2 N–H and O–H groups in total. The van der Waals surface area contributed by atoms with Gasteiger partial charge in [-0.1, -0.05) is 37.3 Å². The van der Waals surface area contributed by atoms with Gasteiger partial charge in [-0.25, -0.2) is 0 Å². The van der Waals surface area contributed by atoms with Crippen LogP contribution in [0.5, 0.6) is 0 Å². The van der Waals surface area contributed by atoms with Crippen molar-refractivity contribution < 1.29 is 10.2 Å². The Morgan fingerprint density at radius 3 is 2.65 bits per heavy atom. The average molecular weight is 235 g/mol. The summed E-state index contributed by atoms with van der Waals surface area (Å²) in [5.41, 5.74) is 0.944. The summed E-state index contributed by atoms with van der Waals surface area (Å²) in [5.74, 6) is 0. The van der Waals surface area contributed by atoms with Crippen LogP contribution < -0.4 is 0 Å². The molecule has 0 amide bonds. The third-order valence-electron chi connectivity index (χ3n) is 3.84. The molecule has 1 heterocycles. The minimum Gasteiger partial charge on any atom is -0.396 e. The van der Waals surface area contributed by atoms with Crippen molar-refractivity contribution in [3.63, 3.8) is 0 Å². The molecule has 1 fully saturated rings. The van der Waals surface area contributed by atoms with E-state index in [2.05, 4.69) is 17.0 Å². The first kappa shape index (κ1) is 12.6. The van der Waals surface area contributed by atoms with Crippen LogP contribution in [-0.4, -0.2) is 40.9 Å². The molecule has 1 aromatic carbocycles. The van der Waals surface area contributed by atoms with Crippen molar-refractivity contribution in [2.75, 3.05) is 19.7 Å². The highest BCUT2D eigenvalue weighted by Gasteiger charge is 2.37. The molecule has 1 saturated heterocycles. The molecule has 2 unspecified atom stereocenters. The maximum Gasteiger partial charge on any atom is 0.0743 e. The Kier molecular flexibility index (Phi) is 3.82. The predicted octanol–water partition coefficient (Wildman–Crippen LogP) is 1.25. The van der Waals surface area contributed by atoms with Gasteiger partial charge < -0.3 is 10.2 Å². The Morgan fingerprint density at radius 1 is 1.35 bits per heavy atom. The lowest BCUT2D eigenvalue weighted by atomic mass is 9.78. The van der Waals surface area contributed by atoms with Crippen molar-refractivity contribution in [2.24, 2.45) is 5.41 Å². The van der Waals surface area contributed by atoms with Crippen LogP contribution in [0.3, 0.4) is 0 Å². The number of rotatable bonds is 3. The number of aliphatic hydroxyl groups excluding tert-OH is 2. The van der Waals surface area contributed by atoms with E-state index in [9.17, 15) is 10.2 Å². The quantitative estimate of drug-likeness (QED) is 0.828. The minimum atomic E-state index is -0.440. The number of benzene rings is 1. The Labute approximate surface area is 103 Å². The van der Waals surface area contributed by atoms with Crippen LogP contribution in [0, 0.1) is 5.41 Å². The molecule has 0 aromatic heterocycles. The number of likely N-dealkylation sites (tertiary alicyclic amines) is 1. The van der Waals surface area contributed by atoms with Gasteiger partial charge in [0.1, 0.15) is 0 Å². The van der Waals surface area contributed by atoms with Gasteiger partial charge in [0.05, 0.1) is 12.7 Å². The van der Waals surface area contributed by atoms with Gasteiger partial charge in [0.25, 0.3) is 0 Å². The molecule has 94 valence electrons. The van der Waals surface area contributed by atoms with Gasteiger partial charge in [-0.2, -0.15) is 0 Å². The summed E-state index contributed by atoms with van der Waals surface area (Å²) < 4.78 is 0. The number of piperidine rings is 1. The summed E-state index contributed by atoms with van der Waals surface area (Å²) in [6, 6.07) is 10.3. The molecule has 17 heavy (non-hydrogen) atoms. The zero-order valence-electron chi connectivity index (χ0n) is 10.3. The van der Waals surface area contributed by atoms with E-state index >= 15 is 0 Å². The molecule has 1 aliphatic rings. The van der Waals surface area contributed by atoms with E-state index in [4.69, 9.17) is 0 Å². The lowest BCUT2D eigenvalue weighted by Gasteiger charge is -2.42. The minimum absolute atomic E-state index is 0.0628. The van der Waals surface area contributed by atoms with Gasteiger partial charge in [0.2, 0.25) is 0 Å². The van der Waals surface area contributed by atoms with Gasteiger partial charge >= 0.3 is 0 Å². The first-order valence-electron chi connectivity index (χ1n) is 6.19. The highest BCUT2D eigenvalue weighted by molar-refractivity contribution is 5.14. The second-order valence-corrected chi connectivity index (χ2v) is 5.30. The van der Waals surface area contributed by atoms with Gasteiger partial charge in [-0.3, -0.25) is 4.90 Å². The molecule has 0 saturated carbocycles. The molecule has 2 rings (SSSR count). The molecule has 3 heteroatoms. The van der Waals surface area contributed by atoms with Crippen LogP contribution >= 0.6 is 0 Å². The fourth-order valence-electron chi connectivity index (χ4n) is 2.31. The number of hydrogen-bond donors (Lipinski definition) is 2. The van der Waals surface area contributed by atoms with Crippen LogP contribution in [0.2, 0.25) is 0 Å². The molecular weight excluding hydrogens is 214 g/mol. The van der Waals surface area contributed by atoms with Crippen LogP contribution in [0.4, 0.5) is 0 Å². The van der Waals surface area contributed by atoms with E-state index < -0.39 is 6.10 Å². The highest BCUT2D eigenvalue weighted by Crippen LogP contribution is 2.31. The van der Waals surface area contributed by atoms with Crippen LogP contribution in [-0.2, 0) is 6.54 Å². The van der Waals surface area contributed by atoms with Gasteiger partial charge in [-0.15, -0.1) is 0 Å². The normalized spacial score (nSPS) is 30.4. The number of β-amino-alcohol motifs (C(OH)–C–C–N with tert-alkyl or cyclic N) is 1. The molecular formula is C14H21NO2. The second kappa shape index (κ2) is 5.17. The van der Waals surface area contributed by atoms with Crippen molar-refractivity contribution in [2.45, 2.75) is 26.0 Å². The first-order valence-corrected chi connectivity index (χ1v) is 6.19. The molecule has 0 radical (unpaired) electrons. The second-order valence-electron chi connectivity index (χ2n) is 5.30. The monoisotopic (exact) mass is 235 g/mol. The standard InChI is InChI=1S/C14H21NO2/c1-14(11-16)7-8-15(10-13(14)17)9-12-5-3-2-4-6-12/h2-6,13,16-17H,7-11H2,1H3. The fraction of sp³-hybridized carbons (Fsp3) is 0.571. The lowest BCUT2D eigenvalue weighted by Crippen LogP contribution is -2.50. The van der Waals surface area contributed by atoms with Crippen molar-refractivity contribution in [3.05, 3.63) is 35.9 Å². The molecule has 0 aliphatic carbocycles. The Morgan fingerprint density at radius 2 is 2.06 bits per heavy atom. The maximum atomic E-state index is 10.1. The van der Waals surface area contributed by atoms with Crippen molar-refractivity contribution in [3.8, 4) is 0 Å². The van der Waals surface area contributed by atoms with Crippen molar-refractivity contribution >= 4 is 0 Å². The molecule has 0 bridgehead atoms. The zero-order valence-corrected chi connectivity index (χ0v) is 10.3. The zero-order chi connectivity index (χ0) is 12.3. The Balaban J connectivity index is 1.94. The van der Waals surface area contributed by atoms with Crippen LogP contribution in [0.1, 0.15) is 18.9 Å². The fourth-order valence-corrected chi connectivity index (χ4v) is 2.31. The predicted molar refractivity (Wildman–Crippen MR) is 67.5 cm³/mol. The molecule has 3 nitrogen and oxygen atoms in total. The summed E-state index contributed by atoms with van der Waals surface area (Å²) >= 11 is 0.